The van der Waals surface area contributed by atoms with Gasteiger partial charge in [0.15, 0.2) is 0 Å². The molecule has 2 atom stereocenters. The topological polar surface area (TPSA) is 0 Å². The van der Waals surface area contributed by atoms with Crippen LogP contribution in [0.25, 0.3) is 0 Å². The molecule has 15 heavy (non-hydrogen) atoms. The molecule has 1 heteroatoms. The summed E-state index contributed by atoms with van der Waals surface area (Å²) in [5, 5.41) is 0.878. The van der Waals surface area contributed by atoms with E-state index < -0.39 is 0 Å². The monoisotopic (exact) mass is 224 g/mol. The Morgan fingerprint density at radius 3 is 1.67 bits per heavy atom. The summed E-state index contributed by atoms with van der Waals surface area (Å²) < 4.78 is 0. The lowest BCUT2D eigenvalue weighted by molar-refractivity contribution is 0.711. The van der Waals surface area contributed by atoms with Crippen molar-refractivity contribution in [2.24, 2.45) is 0 Å². The lowest BCUT2D eigenvalue weighted by Gasteiger charge is -2.15. The van der Waals surface area contributed by atoms with Crippen molar-refractivity contribution in [2.75, 3.05) is 0 Å². The summed E-state index contributed by atoms with van der Waals surface area (Å²) in [6.07, 6.45) is 2.33. The molecule has 0 saturated heterocycles. The summed E-state index contributed by atoms with van der Waals surface area (Å²) in [7, 11) is 0. The summed E-state index contributed by atoms with van der Waals surface area (Å²) in [6.45, 7) is 8.95. The minimum absolute atomic E-state index is 0.603. The maximum atomic E-state index is 6.15. The molecule has 0 heterocycles. The van der Waals surface area contributed by atoms with Crippen molar-refractivity contribution in [3.63, 3.8) is 0 Å². The fraction of sp³-hybridized carbons (Fsp3) is 0.571. The van der Waals surface area contributed by atoms with E-state index in [1.54, 1.807) is 0 Å². The Morgan fingerprint density at radius 1 is 0.933 bits per heavy atom. The van der Waals surface area contributed by atoms with Gasteiger partial charge < -0.3 is 0 Å². The van der Waals surface area contributed by atoms with Crippen LogP contribution in [0, 0.1) is 0 Å². The average molecular weight is 225 g/mol. The molecule has 0 aliphatic rings. The quantitative estimate of drug-likeness (QED) is 0.645. The SMILES string of the molecule is CCC(C)c1cc(Cl)cc(C(C)CC)c1. The van der Waals surface area contributed by atoms with Crippen molar-refractivity contribution in [1.29, 1.82) is 0 Å². The molecule has 2 unspecified atom stereocenters. The van der Waals surface area contributed by atoms with Crippen molar-refractivity contribution >= 4 is 11.6 Å². The van der Waals surface area contributed by atoms with Crippen LogP contribution in [0.4, 0.5) is 0 Å². The number of rotatable bonds is 4. The highest BCUT2D eigenvalue weighted by molar-refractivity contribution is 6.30. The van der Waals surface area contributed by atoms with E-state index in [0.717, 1.165) is 5.02 Å². The third kappa shape index (κ3) is 3.24. The number of hydrogen-bond acceptors (Lipinski definition) is 0. The second-order valence-electron chi connectivity index (χ2n) is 4.44. The van der Waals surface area contributed by atoms with E-state index in [1.165, 1.54) is 24.0 Å². The van der Waals surface area contributed by atoms with Crippen LogP contribution in [-0.4, -0.2) is 0 Å². The second-order valence-corrected chi connectivity index (χ2v) is 4.87. The summed E-state index contributed by atoms with van der Waals surface area (Å²) in [5.41, 5.74) is 2.75. The van der Waals surface area contributed by atoms with Gasteiger partial charge in [-0.15, -0.1) is 0 Å². The van der Waals surface area contributed by atoms with Crippen LogP contribution < -0.4 is 0 Å². The van der Waals surface area contributed by atoms with E-state index in [1.807, 2.05) is 0 Å². The molecule has 1 rings (SSSR count). The van der Waals surface area contributed by atoms with Gasteiger partial charge in [-0.3, -0.25) is 0 Å². The van der Waals surface area contributed by atoms with Gasteiger partial charge in [0.25, 0.3) is 0 Å². The van der Waals surface area contributed by atoms with Crippen LogP contribution in [0.2, 0.25) is 5.02 Å². The Labute approximate surface area is 98.7 Å². The molecule has 1 aromatic rings. The molecule has 0 saturated carbocycles. The highest BCUT2D eigenvalue weighted by atomic mass is 35.5. The predicted molar refractivity (Wildman–Crippen MR) is 68.9 cm³/mol. The Morgan fingerprint density at radius 2 is 1.33 bits per heavy atom. The third-order valence-corrected chi connectivity index (χ3v) is 3.52. The van der Waals surface area contributed by atoms with Crippen molar-refractivity contribution in [2.45, 2.75) is 52.4 Å². The van der Waals surface area contributed by atoms with Gasteiger partial charge >= 0.3 is 0 Å². The Bertz CT molecular complexity index is 289. The maximum absolute atomic E-state index is 6.15. The summed E-state index contributed by atoms with van der Waals surface area (Å²) in [6, 6.07) is 6.51. The molecule has 0 aliphatic heterocycles. The van der Waals surface area contributed by atoms with E-state index in [-0.39, 0.29) is 0 Å². The first kappa shape index (κ1) is 12.6. The molecule has 0 fully saturated rings. The first-order chi connectivity index (χ1) is 7.08. The normalized spacial score (nSPS) is 15.0. The molecule has 0 radical (unpaired) electrons. The average Bonchev–Trinajstić information content (AvgIpc) is 2.26. The standard InChI is InChI=1S/C14H21Cl/c1-5-10(3)12-7-13(11(4)6-2)9-14(15)8-12/h7-11H,5-6H2,1-4H3. The molecule has 0 bridgehead atoms. The van der Waals surface area contributed by atoms with Crippen LogP contribution in [0.15, 0.2) is 18.2 Å². The highest BCUT2D eigenvalue weighted by Crippen LogP contribution is 2.28. The number of benzene rings is 1. The van der Waals surface area contributed by atoms with Crippen LogP contribution in [-0.2, 0) is 0 Å². The Hall–Kier alpha value is -0.490. The van der Waals surface area contributed by atoms with E-state index in [0.29, 0.717) is 11.8 Å². The smallest absolute Gasteiger partial charge is 0.0411 e. The summed E-state index contributed by atoms with van der Waals surface area (Å²) >= 11 is 6.15. The predicted octanol–water partition coefficient (Wildman–Crippen LogP) is 5.37. The minimum atomic E-state index is 0.603. The van der Waals surface area contributed by atoms with Gasteiger partial charge in [0.2, 0.25) is 0 Å². The fourth-order valence-corrected chi connectivity index (χ4v) is 1.93. The van der Waals surface area contributed by atoms with Crippen molar-refractivity contribution in [3.05, 3.63) is 34.3 Å². The van der Waals surface area contributed by atoms with Gasteiger partial charge in [0, 0.05) is 5.02 Å². The molecule has 84 valence electrons. The molecule has 0 nitrogen and oxygen atoms in total. The molecule has 0 N–H and O–H groups in total. The summed E-state index contributed by atoms with van der Waals surface area (Å²) in [4.78, 5) is 0. The molecule has 0 aliphatic carbocycles. The second kappa shape index (κ2) is 5.55. The summed E-state index contributed by atoms with van der Waals surface area (Å²) in [5.74, 6) is 1.21. The maximum Gasteiger partial charge on any atom is 0.0411 e. The van der Waals surface area contributed by atoms with E-state index in [2.05, 4.69) is 45.9 Å². The Kier molecular flexibility index (Phi) is 4.66. The Balaban J connectivity index is 3.04. The largest absolute Gasteiger partial charge is 0.0843 e. The third-order valence-electron chi connectivity index (χ3n) is 3.31. The molecule has 1 aromatic carbocycles. The fourth-order valence-electron chi connectivity index (χ4n) is 1.68. The zero-order valence-corrected chi connectivity index (χ0v) is 10.9. The molecule has 0 aromatic heterocycles. The van der Waals surface area contributed by atoms with Crippen molar-refractivity contribution in [3.8, 4) is 0 Å². The number of halogens is 1. The van der Waals surface area contributed by atoms with Crippen LogP contribution in [0.5, 0.6) is 0 Å². The minimum Gasteiger partial charge on any atom is -0.0843 e. The van der Waals surface area contributed by atoms with Gasteiger partial charge in [0.05, 0.1) is 0 Å². The van der Waals surface area contributed by atoms with Crippen molar-refractivity contribution in [1.82, 2.24) is 0 Å². The molecular formula is C14H21Cl. The first-order valence-corrected chi connectivity index (χ1v) is 6.26. The highest BCUT2D eigenvalue weighted by Gasteiger charge is 2.09. The van der Waals surface area contributed by atoms with Crippen molar-refractivity contribution < 1.29 is 0 Å². The van der Waals surface area contributed by atoms with Crippen LogP contribution in [0.1, 0.15) is 63.5 Å². The van der Waals surface area contributed by atoms with Gasteiger partial charge in [-0.25, -0.2) is 0 Å². The lowest BCUT2D eigenvalue weighted by atomic mass is 9.92. The van der Waals surface area contributed by atoms with Crippen LogP contribution in [0.3, 0.4) is 0 Å². The number of hydrogen-bond donors (Lipinski definition) is 0. The van der Waals surface area contributed by atoms with E-state index in [9.17, 15) is 0 Å². The lowest BCUT2D eigenvalue weighted by Crippen LogP contribution is -1.97. The molecule has 0 amide bonds. The van der Waals surface area contributed by atoms with Gasteiger partial charge in [-0.1, -0.05) is 45.4 Å². The van der Waals surface area contributed by atoms with E-state index >= 15 is 0 Å². The molecule has 0 spiro atoms. The van der Waals surface area contributed by atoms with Gasteiger partial charge in [-0.2, -0.15) is 0 Å². The zero-order valence-electron chi connectivity index (χ0n) is 10.2. The molecular weight excluding hydrogens is 204 g/mol. The van der Waals surface area contributed by atoms with E-state index in [4.69, 9.17) is 11.6 Å². The van der Waals surface area contributed by atoms with Gasteiger partial charge in [-0.05, 0) is 47.9 Å². The van der Waals surface area contributed by atoms with Gasteiger partial charge in [0.1, 0.15) is 0 Å². The first-order valence-electron chi connectivity index (χ1n) is 5.88. The zero-order chi connectivity index (χ0) is 11.4. The van der Waals surface area contributed by atoms with Crippen LogP contribution >= 0.6 is 11.6 Å².